The molecule has 0 spiro atoms. The van der Waals surface area contributed by atoms with Gasteiger partial charge in [-0.1, -0.05) is 12.1 Å². The highest BCUT2D eigenvalue weighted by molar-refractivity contribution is 9.11. The molecule has 0 amide bonds. The molecule has 2 aromatic rings. The maximum atomic E-state index is 9.15. The van der Waals surface area contributed by atoms with Crippen molar-refractivity contribution in [1.29, 1.82) is 0 Å². The lowest BCUT2D eigenvalue weighted by atomic mass is 10.1. The number of halogens is 2. The van der Waals surface area contributed by atoms with Gasteiger partial charge in [0.1, 0.15) is 11.5 Å². The number of hydrogen-bond acceptors (Lipinski definition) is 3. The van der Waals surface area contributed by atoms with E-state index in [-0.39, 0.29) is 6.61 Å². The van der Waals surface area contributed by atoms with Crippen molar-refractivity contribution in [2.24, 2.45) is 0 Å². The van der Waals surface area contributed by atoms with Gasteiger partial charge < -0.3 is 14.6 Å². The van der Waals surface area contributed by atoms with E-state index in [1.165, 1.54) is 5.56 Å². The molecule has 0 saturated heterocycles. The van der Waals surface area contributed by atoms with E-state index in [4.69, 9.17) is 14.6 Å². The lowest BCUT2D eigenvalue weighted by Gasteiger charge is -2.12. The second-order valence-electron chi connectivity index (χ2n) is 4.49. The van der Waals surface area contributed by atoms with Gasteiger partial charge in [-0.15, -0.1) is 0 Å². The first-order valence-electron chi connectivity index (χ1n) is 6.48. The van der Waals surface area contributed by atoms with Crippen LogP contribution in [0.25, 0.3) is 0 Å². The Labute approximate surface area is 141 Å². The summed E-state index contributed by atoms with van der Waals surface area (Å²) in [6.45, 7) is 0.575. The number of rotatable bonds is 6. The minimum Gasteiger partial charge on any atom is -0.497 e. The molecule has 1 N–H and O–H groups in total. The molecule has 0 radical (unpaired) electrons. The molecule has 0 unspecified atom stereocenters. The van der Waals surface area contributed by atoms with E-state index in [0.29, 0.717) is 6.61 Å². The van der Waals surface area contributed by atoms with Crippen molar-refractivity contribution in [2.45, 2.75) is 13.0 Å². The fourth-order valence-electron chi connectivity index (χ4n) is 1.90. The molecule has 21 heavy (non-hydrogen) atoms. The molecule has 2 rings (SSSR count). The number of aliphatic hydroxyl groups is 1. The minimum atomic E-state index is 0.00330. The highest BCUT2D eigenvalue weighted by Crippen LogP contribution is 2.34. The van der Waals surface area contributed by atoms with Crippen molar-refractivity contribution in [2.75, 3.05) is 13.7 Å². The predicted octanol–water partition coefficient (Wildman–Crippen LogP) is 4.33. The van der Waals surface area contributed by atoms with E-state index in [2.05, 4.69) is 31.9 Å². The number of ether oxygens (including phenoxy) is 2. The zero-order chi connectivity index (χ0) is 15.2. The van der Waals surface area contributed by atoms with Crippen LogP contribution in [0.5, 0.6) is 11.5 Å². The van der Waals surface area contributed by atoms with Crippen molar-refractivity contribution in [3.8, 4) is 11.5 Å². The summed E-state index contributed by atoms with van der Waals surface area (Å²) in [6.07, 6.45) is 0.810. The molecule has 0 saturated carbocycles. The molecule has 0 fully saturated rings. The molecular weight excluding hydrogens is 400 g/mol. The van der Waals surface area contributed by atoms with Crippen molar-refractivity contribution in [1.82, 2.24) is 0 Å². The van der Waals surface area contributed by atoms with Crippen molar-refractivity contribution in [3.63, 3.8) is 0 Å². The molecular formula is C16H16Br2O3. The number of hydrogen-bond donors (Lipinski definition) is 1. The van der Waals surface area contributed by atoms with E-state index in [1.807, 2.05) is 36.4 Å². The predicted molar refractivity (Wildman–Crippen MR) is 90.0 cm³/mol. The van der Waals surface area contributed by atoms with Crippen molar-refractivity contribution >= 4 is 31.9 Å². The van der Waals surface area contributed by atoms with Gasteiger partial charge in [0.2, 0.25) is 0 Å². The van der Waals surface area contributed by atoms with Crippen molar-refractivity contribution < 1.29 is 14.6 Å². The summed E-state index contributed by atoms with van der Waals surface area (Å²) < 4.78 is 12.6. The van der Waals surface area contributed by atoms with Gasteiger partial charge in [-0.3, -0.25) is 0 Å². The normalized spacial score (nSPS) is 10.5. The average Bonchev–Trinajstić information content (AvgIpc) is 2.50. The molecule has 0 aliphatic heterocycles. The SMILES string of the molecule is COc1ccc(CCOc2c(Br)cc(CO)cc2Br)cc1. The first-order valence-corrected chi connectivity index (χ1v) is 8.07. The zero-order valence-corrected chi connectivity index (χ0v) is 14.8. The summed E-state index contributed by atoms with van der Waals surface area (Å²) in [6, 6.07) is 11.7. The van der Waals surface area contributed by atoms with Crippen LogP contribution in [-0.2, 0) is 13.0 Å². The monoisotopic (exact) mass is 414 g/mol. The van der Waals surface area contributed by atoms with Gasteiger partial charge in [-0.2, -0.15) is 0 Å². The van der Waals surface area contributed by atoms with Gasteiger partial charge in [0.05, 0.1) is 29.3 Å². The van der Waals surface area contributed by atoms with Gasteiger partial charge >= 0.3 is 0 Å². The van der Waals surface area contributed by atoms with Gasteiger partial charge in [0, 0.05) is 6.42 Å². The molecule has 3 nitrogen and oxygen atoms in total. The molecule has 0 heterocycles. The summed E-state index contributed by atoms with van der Waals surface area (Å²) in [5.74, 6) is 1.60. The zero-order valence-electron chi connectivity index (χ0n) is 11.6. The second-order valence-corrected chi connectivity index (χ2v) is 6.20. The Bertz CT molecular complexity index is 574. The number of methoxy groups -OCH3 is 1. The molecule has 112 valence electrons. The maximum absolute atomic E-state index is 9.15. The van der Waals surface area contributed by atoms with E-state index in [0.717, 1.165) is 32.4 Å². The molecule has 0 bridgehead atoms. The average molecular weight is 416 g/mol. The standard InChI is InChI=1S/C16H16Br2O3/c1-20-13-4-2-11(3-5-13)6-7-21-16-14(17)8-12(10-19)9-15(16)18/h2-5,8-9,19H,6-7,10H2,1H3. The molecule has 0 atom stereocenters. The third kappa shape index (κ3) is 4.46. The first kappa shape index (κ1) is 16.3. The summed E-state index contributed by atoms with van der Waals surface area (Å²) in [5, 5.41) is 9.15. The van der Waals surface area contributed by atoms with Crippen LogP contribution in [0.15, 0.2) is 45.3 Å². The van der Waals surface area contributed by atoms with Crippen LogP contribution >= 0.6 is 31.9 Å². The quantitative estimate of drug-likeness (QED) is 0.762. The summed E-state index contributed by atoms with van der Waals surface area (Å²) in [7, 11) is 1.66. The Hall–Kier alpha value is -1.04. The largest absolute Gasteiger partial charge is 0.497 e. The van der Waals surface area contributed by atoms with E-state index in [1.54, 1.807) is 7.11 Å². The van der Waals surface area contributed by atoms with Crippen LogP contribution in [-0.4, -0.2) is 18.8 Å². The van der Waals surface area contributed by atoms with Gasteiger partial charge in [-0.05, 0) is 67.3 Å². The Morgan fingerprint density at radius 1 is 1.00 bits per heavy atom. The van der Waals surface area contributed by atoms with Crippen LogP contribution in [0, 0.1) is 0 Å². The second kappa shape index (κ2) is 7.82. The first-order chi connectivity index (χ1) is 10.1. The Morgan fingerprint density at radius 3 is 2.14 bits per heavy atom. The third-order valence-corrected chi connectivity index (χ3v) is 4.21. The summed E-state index contributed by atoms with van der Waals surface area (Å²) >= 11 is 6.92. The lowest BCUT2D eigenvalue weighted by molar-refractivity contribution is 0.281. The van der Waals surface area contributed by atoms with E-state index >= 15 is 0 Å². The molecule has 0 aromatic heterocycles. The number of benzene rings is 2. The fourth-order valence-corrected chi connectivity index (χ4v) is 3.41. The maximum Gasteiger partial charge on any atom is 0.147 e. The van der Waals surface area contributed by atoms with Gasteiger partial charge in [0.25, 0.3) is 0 Å². The molecule has 0 aliphatic carbocycles. The Morgan fingerprint density at radius 2 is 1.62 bits per heavy atom. The molecule has 0 aliphatic rings. The smallest absolute Gasteiger partial charge is 0.147 e. The van der Waals surface area contributed by atoms with Gasteiger partial charge in [0.15, 0.2) is 0 Å². The van der Waals surface area contributed by atoms with Crippen LogP contribution in [0.4, 0.5) is 0 Å². The van der Waals surface area contributed by atoms with Gasteiger partial charge in [-0.25, -0.2) is 0 Å². The van der Waals surface area contributed by atoms with Crippen LogP contribution in [0.2, 0.25) is 0 Å². The third-order valence-electron chi connectivity index (χ3n) is 3.04. The van der Waals surface area contributed by atoms with Crippen LogP contribution < -0.4 is 9.47 Å². The van der Waals surface area contributed by atoms with Crippen molar-refractivity contribution in [3.05, 3.63) is 56.5 Å². The number of aliphatic hydroxyl groups excluding tert-OH is 1. The lowest BCUT2D eigenvalue weighted by Crippen LogP contribution is -2.03. The van der Waals surface area contributed by atoms with E-state index < -0.39 is 0 Å². The fraction of sp³-hybridized carbons (Fsp3) is 0.250. The highest BCUT2D eigenvalue weighted by atomic mass is 79.9. The van der Waals surface area contributed by atoms with Crippen LogP contribution in [0.3, 0.4) is 0 Å². The summed E-state index contributed by atoms with van der Waals surface area (Å²) in [5.41, 5.74) is 2.02. The molecule has 5 heteroatoms. The molecule has 2 aromatic carbocycles. The Kier molecular flexibility index (Phi) is 6.08. The van der Waals surface area contributed by atoms with Crippen LogP contribution in [0.1, 0.15) is 11.1 Å². The highest BCUT2D eigenvalue weighted by Gasteiger charge is 2.09. The Balaban J connectivity index is 1.96. The summed E-state index contributed by atoms with van der Waals surface area (Å²) in [4.78, 5) is 0. The topological polar surface area (TPSA) is 38.7 Å². The van der Waals surface area contributed by atoms with E-state index in [9.17, 15) is 0 Å². The minimum absolute atomic E-state index is 0.00330.